The Morgan fingerprint density at radius 3 is 2.76 bits per heavy atom. The topological polar surface area (TPSA) is 74.0 Å². The third-order valence-electron chi connectivity index (χ3n) is 3.58. The van der Waals surface area contributed by atoms with Crippen molar-refractivity contribution in [3.63, 3.8) is 0 Å². The van der Waals surface area contributed by atoms with Crippen molar-refractivity contribution in [1.29, 1.82) is 0 Å². The molecule has 25 heavy (non-hydrogen) atoms. The maximum Gasteiger partial charge on any atom is 0.269 e. The van der Waals surface area contributed by atoms with Gasteiger partial charge in [0.2, 0.25) is 0 Å². The number of halogens is 1. The lowest BCUT2D eigenvalue weighted by molar-refractivity contribution is 0.0929. The Labute approximate surface area is 150 Å². The normalized spacial score (nSPS) is 10.6. The highest BCUT2D eigenvalue weighted by molar-refractivity contribution is 6.30. The molecule has 3 rings (SSSR count). The van der Waals surface area contributed by atoms with Gasteiger partial charge in [0.15, 0.2) is 6.73 Å². The summed E-state index contributed by atoms with van der Waals surface area (Å²) in [7, 11) is 0. The molecule has 7 nitrogen and oxygen atoms in total. The Hall–Kier alpha value is -2.80. The SMILES string of the molecule is CCn1cc(CNC(=O)c2ccnn2COc2ccc(Cl)cc2)cn1. The van der Waals surface area contributed by atoms with Gasteiger partial charge in [-0.15, -0.1) is 0 Å². The van der Waals surface area contributed by atoms with Gasteiger partial charge in [-0.2, -0.15) is 10.2 Å². The summed E-state index contributed by atoms with van der Waals surface area (Å²) in [4.78, 5) is 12.4. The van der Waals surface area contributed by atoms with E-state index in [1.54, 1.807) is 42.7 Å². The summed E-state index contributed by atoms with van der Waals surface area (Å²) in [5.41, 5.74) is 1.37. The molecule has 3 aromatic rings. The van der Waals surface area contributed by atoms with Crippen LogP contribution >= 0.6 is 11.6 Å². The van der Waals surface area contributed by atoms with Crippen molar-refractivity contribution in [2.24, 2.45) is 0 Å². The van der Waals surface area contributed by atoms with Crippen LogP contribution in [0, 0.1) is 0 Å². The van der Waals surface area contributed by atoms with E-state index in [0.717, 1.165) is 12.1 Å². The van der Waals surface area contributed by atoms with E-state index in [9.17, 15) is 4.79 Å². The molecule has 0 saturated heterocycles. The van der Waals surface area contributed by atoms with Crippen molar-refractivity contribution in [3.8, 4) is 5.75 Å². The molecule has 0 radical (unpaired) electrons. The molecule has 2 aromatic heterocycles. The second kappa shape index (κ2) is 7.85. The molecule has 0 saturated carbocycles. The van der Waals surface area contributed by atoms with E-state index in [1.807, 2.05) is 17.8 Å². The van der Waals surface area contributed by atoms with Crippen molar-refractivity contribution in [2.75, 3.05) is 0 Å². The van der Waals surface area contributed by atoms with Crippen LogP contribution in [0.2, 0.25) is 5.02 Å². The van der Waals surface area contributed by atoms with E-state index in [2.05, 4.69) is 15.5 Å². The molecule has 1 aromatic carbocycles. The molecule has 1 amide bonds. The Kier molecular flexibility index (Phi) is 5.35. The van der Waals surface area contributed by atoms with Crippen LogP contribution in [0.15, 0.2) is 48.9 Å². The van der Waals surface area contributed by atoms with Gasteiger partial charge in [-0.3, -0.25) is 9.48 Å². The molecular formula is C17H18ClN5O2. The van der Waals surface area contributed by atoms with E-state index in [4.69, 9.17) is 16.3 Å². The van der Waals surface area contributed by atoms with Crippen LogP contribution in [0.25, 0.3) is 0 Å². The zero-order valence-corrected chi connectivity index (χ0v) is 14.5. The fourth-order valence-electron chi connectivity index (χ4n) is 2.24. The summed E-state index contributed by atoms with van der Waals surface area (Å²) in [6, 6.07) is 8.65. The minimum Gasteiger partial charge on any atom is -0.471 e. The minimum atomic E-state index is -0.221. The van der Waals surface area contributed by atoms with Crippen LogP contribution in [0.5, 0.6) is 5.75 Å². The average Bonchev–Trinajstić information content (AvgIpc) is 3.28. The highest BCUT2D eigenvalue weighted by Crippen LogP contribution is 2.16. The fraction of sp³-hybridized carbons (Fsp3) is 0.235. The number of amides is 1. The number of nitrogens with one attached hydrogen (secondary N) is 1. The third-order valence-corrected chi connectivity index (χ3v) is 3.83. The number of carbonyl (C=O) groups excluding carboxylic acids is 1. The maximum absolute atomic E-state index is 12.4. The first-order valence-corrected chi connectivity index (χ1v) is 8.23. The molecule has 1 N–H and O–H groups in total. The van der Waals surface area contributed by atoms with Gasteiger partial charge in [0.1, 0.15) is 11.4 Å². The summed E-state index contributed by atoms with van der Waals surface area (Å²) in [5, 5.41) is 11.8. The van der Waals surface area contributed by atoms with Crippen molar-refractivity contribution >= 4 is 17.5 Å². The Balaban J connectivity index is 1.58. The number of hydrogen-bond acceptors (Lipinski definition) is 4. The minimum absolute atomic E-state index is 0.130. The van der Waals surface area contributed by atoms with Gasteiger partial charge in [0, 0.05) is 36.1 Å². The molecule has 0 spiro atoms. The molecule has 0 aliphatic carbocycles. The summed E-state index contributed by atoms with van der Waals surface area (Å²) in [6.07, 6.45) is 5.21. The number of aryl methyl sites for hydroxylation is 1. The molecule has 0 aliphatic rings. The lowest BCUT2D eigenvalue weighted by atomic mass is 10.3. The van der Waals surface area contributed by atoms with E-state index >= 15 is 0 Å². The molecule has 0 fully saturated rings. The standard InChI is InChI=1S/C17H18ClN5O2/c1-2-22-11-13(10-21-22)9-19-17(24)16-7-8-20-23(16)12-25-15-5-3-14(18)4-6-15/h3-8,10-11H,2,9,12H2,1H3,(H,19,24). The quantitative estimate of drug-likeness (QED) is 0.704. The van der Waals surface area contributed by atoms with Crippen LogP contribution < -0.4 is 10.1 Å². The summed E-state index contributed by atoms with van der Waals surface area (Å²) in [6.45, 7) is 3.34. The largest absolute Gasteiger partial charge is 0.471 e. The monoisotopic (exact) mass is 359 g/mol. The number of carbonyl (C=O) groups is 1. The number of hydrogen-bond donors (Lipinski definition) is 1. The van der Waals surface area contributed by atoms with Crippen LogP contribution in [0.1, 0.15) is 23.0 Å². The second-order valence-corrected chi connectivity index (χ2v) is 5.77. The van der Waals surface area contributed by atoms with Crippen LogP contribution in [0.4, 0.5) is 0 Å². The number of rotatable bonds is 7. The van der Waals surface area contributed by atoms with Crippen molar-refractivity contribution in [1.82, 2.24) is 24.9 Å². The zero-order valence-electron chi connectivity index (χ0n) is 13.7. The maximum atomic E-state index is 12.4. The van der Waals surface area contributed by atoms with Gasteiger partial charge in [-0.1, -0.05) is 11.6 Å². The summed E-state index contributed by atoms with van der Waals surface area (Å²) >= 11 is 5.84. The Morgan fingerprint density at radius 2 is 2.04 bits per heavy atom. The molecule has 130 valence electrons. The average molecular weight is 360 g/mol. The van der Waals surface area contributed by atoms with Crippen molar-refractivity contribution in [3.05, 3.63) is 65.2 Å². The van der Waals surface area contributed by atoms with Gasteiger partial charge < -0.3 is 10.1 Å². The van der Waals surface area contributed by atoms with Crippen LogP contribution in [-0.4, -0.2) is 25.5 Å². The lowest BCUT2D eigenvalue weighted by Crippen LogP contribution is -2.26. The van der Waals surface area contributed by atoms with Gasteiger partial charge in [-0.05, 0) is 37.3 Å². The predicted octanol–water partition coefficient (Wildman–Crippen LogP) is 2.72. The summed E-state index contributed by atoms with van der Waals surface area (Å²) in [5.74, 6) is 0.430. The van der Waals surface area contributed by atoms with E-state index < -0.39 is 0 Å². The van der Waals surface area contributed by atoms with Gasteiger partial charge >= 0.3 is 0 Å². The van der Waals surface area contributed by atoms with E-state index in [0.29, 0.717) is 23.0 Å². The predicted molar refractivity (Wildman–Crippen MR) is 93.4 cm³/mol. The highest BCUT2D eigenvalue weighted by Gasteiger charge is 2.12. The van der Waals surface area contributed by atoms with Crippen molar-refractivity contribution in [2.45, 2.75) is 26.7 Å². The molecule has 0 unspecified atom stereocenters. The number of aromatic nitrogens is 4. The zero-order chi connectivity index (χ0) is 17.6. The highest BCUT2D eigenvalue weighted by atomic mass is 35.5. The number of benzene rings is 1. The van der Waals surface area contributed by atoms with Crippen LogP contribution in [-0.2, 0) is 19.8 Å². The van der Waals surface area contributed by atoms with Crippen molar-refractivity contribution < 1.29 is 9.53 Å². The van der Waals surface area contributed by atoms with Gasteiger partial charge in [0.05, 0.1) is 6.20 Å². The Morgan fingerprint density at radius 1 is 1.24 bits per heavy atom. The molecule has 2 heterocycles. The first kappa shape index (κ1) is 17.0. The first-order chi connectivity index (χ1) is 12.2. The fourth-order valence-corrected chi connectivity index (χ4v) is 2.36. The van der Waals surface area contributed by atoms with E-state index in [1.165, 1.54) is 4.68 Å². The van der Waals surface area contributed by atoms with Crippen LogP contribution in [0.3, 0.4) is 0 Å². The molecule has 8 heteroatoms. The Bertz CT molecular complexity index is 841. The third kappa shape index (κ3) is 4.39. The van der Waals surface area contributed by atoms with Gasteiger partial charge in [0.25, 0.3) is 5.91 Å². The second-order valence-electron chi connectivity index (χ2n) is 5.33. The molecule has 0 atom stereocenters. The van der Waals surface area contributed by atoms with Gasteiger partial charge in [-0.25, -0.2) is 4.68 Å². The van der Waals surface area contributed by atoms with E-state index in [-0.39, 0.29) is 12.6 Å². The summed E-state index contributed by atoms with van der Waals surface area (Å²) < 4.78 is 8.94. The first-order valence-electron chi connectivity index (χ1n) is 7.85. The smallest absolute Gasteiger partial charge is 0.269 e. The molecular weight excluding hydrogens is 342 g/mol. The molecule has 0 aliphatic heterocycles. The molecule has 0 bridgehead atoms. The number of ether oxygens (including phenoxy) is 1. The number of nitrogens with zero attached hydrogens (tertiary/aromatic N) is 4. The lowest BCUT2D eigenvalue weighted by Gasteiger charge is -2.10.